The Morgan fingerprint density at radius 2 is 1.78 bits per heavy atom. The Morgan fingerprint density at radius 1 is 1.06 bits per heavy atom. The van der Waals surface area contributed by atoms with Gasteiger partial charge in [0, 0.05) is 0 Å². The summed E-state index contributed by atoms with van der Waals surface area (Å²) < 4.78 is 5.80. The first kappa shape index (κ1) is 12.5. The number of hydrogen-bond acceptors (Lipinski definition) is 2. The fourth-order valence-corrected chi connectivity index (χ4v) is 2.06. The molecule has 0 aliphatic rings. The highest BCUT2D eigenvalue weighted by Gasteiger charge is 2.06. The normalized spacial score (nSPS) is 10.7. The topological polar surface area (TPSA) is 35.2 Å². The molecule has 2 heteroatoms. The molecule has 0 unspecified atom stereocenters. The van der Waals surface area contributed by atoms with Crippen LogP contribution in [-0.4, -0.2) is 0 Å². The predicted molar refractivity (Wildman–Crippen MR) is 76.2 cm³/mol. The molecule has 0 amide bonds. The van der Waals surface area contributed by atoms with Crippen molar-refractivity contribution in [1.82, 2.24) is 0 Å². The molecule has 0 bridgehead atoms. The monoisotopic (exact) mass is 241 g/mol. The molecule has 2 N–H and O–H groups in total. The van der Waals surface area contributed by atoms with Crippen LogP contribution in [0.4, 0.5) is 5.69 Å². The smallest absolute Gasteiger partial charge is 0.150 e. The van der Waals surface area contributed by atoms with Crippen molar-refractivity contribution in [3.63, 3.8) is 0 Å². The molecule has 0 aliphatic heterocycles. The quantitative estimate of drug-likeness (QED) is 0.803. The van der Waals surface area contributed by atoms with E-state index in [4.69, 9.17) is 10.5 Å². The number of benzene rings is 2. The maximum atomic E-state index is 5.86. The van der Waals surface area contributed by atoms with Crippen molar-refractivity contribution in [1.29, 1.82) is 0 Å². The van der Waals surface area contributed by atoms with Gasteiger partial charge >= 0.3 is 0 Å². The standard InChI is InChI=1S/C16H19NO/c1-11(2)14-9-8-13(10-12(14)3)18-16-7-5-4-6-15(16)17/h4-11H,17H2,1-3H3. The lowest BCUT2D eigenvalue weighted by molar-refractivity contribution is 0.484. The number of anilines is 1. The van der Waals surface area contributed by atoms with Crippen LogP contribution in [0.25, 0.3) is 0 Å². The SMILES string of the molecule is Cc1cc(Oc2ccccc2N)ccc1C(C)C. The minimum Gasteiger partial charge on any atom is -0.455 e. The molecular formula is C16H19NO. The first-order valence-electron chi connectivity index (χ1n) is 6.21. The summed E-state index contributed by atoms with van der Waals surface area (Å²) in [5.41, 5.74) is 9.11. The summed E-state index contributed by atoms with van der Waals surface area (Å²) in [5, 5.41) is 0. The fraction of sp³-hybridized carbons (Fsp3) is 0.250. The lowest BCUT2D eigenvalue weighted by atomic mass is 9.98. The Bertz CT molecular complexity index is 547. The number of para-hydroxylation sites is 2. The van der Waals surface area contributed by atoms with E-state index in [0.717, 1.165) is 5.75 Å². The Labute approximate surface area is 108 Å². The van der Waals surface area contributed by atoms with Crippen molar-refractivity contribution < 1.29 is 4.74 Å². The second-order valence-electron chi connectivity index (χ2n) is 4.81. The van der Waals surface area contributed by atoms with Crippen LogP contribution >= 0.6 is 0 Å². The van der Waals surface area contributed by atoms with E-state index in [1.54, 1.807) is 0 Å². The molecule has 18 heavy (non-hydrogen) atoms. The van der Waals surface area contributed by atoms with Crippen LogP contribution in [-0.2, 0) is 0 Å². The Hall–Kier alpha value is -1.96. The van der Waals surface area contributed by atoms with Crippen LogP contribution in [0.1, 0.15) is 30.9 Å². The fourth-order valence-electron chi connectivity index (χ4n) is 2.06. The zero-order valence-corrected chi connectivity index (χ0v) is 11.1. The van der Waals surface area contributed by atoms with Crippen LogP contribution in [0.15, 0.2) is 42.5 Å². The van der Waals surface area contributed by atoms with Gasteiger partial charge < -0.3 is 10.5 Å². The van der Waals surface area contributed by atoms with Crippen molar-refractivity contribution >= 4 is 5.69 Å². The Kier molecular flexibility index (Phi) is 3.56. The summed E-state index contributed by atoms with van der Waals surface area (Å²) in [6.07, 6.45) is 0. The van der Waals surface area contributed by atoms with Gasteiger partial charge in [-0.3, -0.25) is 0 Å². The van der Waals surface area contributed by atoms with Gasteiger partial charge in [-0.2, -0.15) is 0 Å². The molecule has 2 aromatic carbocycles. The van der Waals surface area contributed by atoms with E-state index in [9.17, 15) is 0 Å². The van der Waals surface area contributed by atoms with Gasteiger partial charge in [0.25, 0.3) is 0 Å². The molecule has 0 saturated heterocycles. The molecule has 0 atom stereocenters. The molecule has 0 radical (unpaired) electrons. The lowest BCUT2D eigenvalue weighted by Gasteiger charge is -2.13. The maximum Gasteiger partial charge on any atom is 0.150 e. The van der Waals surface area contributed by atoms with E-state index in [1.807, 2.05) is 30.3 Å². The highest BCUT2D eigenvalue weighted by atomic mass is 16.5. The number of ether oxygens (including phenoxy) is 1. The van der Waals surface area contributed by atoms with Crippen molar-refractivity contribution in [2.45, 2.75) is 26.7 Å². The maximum absolute atomic E-state index is 5.86. The summed E-state index contributed by atoms with van der Waals surface area (Å²) in [7, 11) is 0. The van der Waals surface area contributed by atoms with Crippen molar-refractivity contribution in [2.24, 2.45) is 0 Å². The van der Waals surface area contributed by atoms with Gasteiger partial charge in [-0.1, -0.05) is 32.0 Å². The average molecular weight is 241 g/mol. The molecule has 2 rings (SSSR count). The number of hydrogen-bond donors (Lipinski definition) is 1. The second kappa shape index (κ2) is 5.13. The minimum atomic E-state index is 0.529. The van der Waals surface area contributed by atoms with Gasteiger partial charge in [-0.25, -0.2) is 0 Å². The van der Waals surface area contributed by atoms with Crippen LogP contribution in [0, 0.1) is 6.92 Å². The van der Waals surface area contributed by atoms with Crippen molar-refractivity contribution in [2.75, 3.05) is 5.73 Å². The molecule has 2 aromatic rings. The van der Waals surface area contributed by atoms with Crippen LogP contribution in [0.2, 0.25) is 0 Å². The van der Waals surface area contributed by atoms with Crippen molar-refractivity contribution in [3.8, 4) is 11.5 Å². The molecule has 2 nitrogen and oxygen atoms in total. The number of nitrogens with two attached hydrogens (primary N) is 1. The number of rotatable bonds is 3. The van der Waals surface area contributed by atoms with E-state index >= 15 is 0 Å². The van der Waals surface area contributed by atoms with E-state index in [2.05, 4.69) is 32.9 Å². The van der Waals surface area contributed by atoms with E-state index in [-0.39, 0.29) is 0 Å². The Morgan fingerprint density at radius 3 is 2.39 bits per heavy atom. The average Bonchev–Trinajstić information content (AvgIpc) is 2.32. The summed E-state index contributed by atoms with van der Waals surface area (Å²) in [6, 6.07) is 13.7. The number of aryl methyl sites for hydroxylation is 1. The predicted octanol–water partition coefficient (Wildman–Crippen LogP) is 4.49. The van der Waals surface area contributed by atoms with Gasteiger partial charge in [0.2, 0.25) is 0 Å². The van der Waals surface area contributed by atoms with Crippen LogP contribution in [0.5, 0.6) is 11.5 Å². The molecule has 0 saturated carbocycles. The second-order valence-corrected chi connectivity index (χ2v) is 4.81. The molecule has 0 aliphatic carbocycles. The van der Waals surface area contributed by atoms with Gasteiger partial charge in [0.1, 0.15) is 11.5 Å². The van der Waals surface area contributed by atoms with Gasteiger partial charge in [-0.15, -0.1) is 0 Å². The molecule has 0 fully saturated rings. The van der Waals surface area contributed by atoms with Crippen LogP contribution < -0.4 is 10.5 Å². The first-order chi connectivity index (χ1) is 8.58. The highest BCUT2D eigenvalue weighted by molar-refractivity contribution is 5.53. The molecule has 0 aromatic heterocycles. The molecule has 0 spiro atoms. The minimum absolute atomic E-state index is 0.529. The molecule has 94 valence electrons. The third-order valence-corrected chi connectivity index (χ3v) is 3.01. The summed E-state index contributed by atoms with van der Waals surface area (Å²) in [4.78, 5) is 0. The summed E-state index contributed by atoms with van der Waals surface area (Å²) in [6.45, 7) is 6.49. The van der Waals surface area contributed by atoms with Gasteiger partial charge in [-0.05, 0) is 48.2 Å². The van der Waals surface area contributed by atoms with Crippen molar-refractivity contribution in [3.05, 3.63) is 53.6 Å². The van der Waals surface area contributed by atoms with E-state index in [0.29, 0.717) is 17.4 Å². The van der Waals surface area contributed by atoms with E-state index in [1.165, 1.54) is 11.1 Å². The summed E-state index contributed by atoms with van der Waals surface area (Å²) >= 11 is 0. The third kappa shape index (κ3) is 2.65. The lowest BCUT2D eigenvalue weighted by Crippen LogP contribution is -1.94. The highest BCUT2D eigenvalue weighted by Crippen LogP contribution is 2.29. The molecule has 0 heterocycles. The zero-order chi connectivity index (χ0) is 13.1. The van der Waals surface area contributed by atoms with E-state index < -0.39 is 0 Å². The summed E-state index contributed by atoms with van der Waals surface area (Å²) in [5.74, 6) is 2.06. The Balaban J connectivity index is 2.26. The van der Waals surface area contributed by atoms with Crippen LogP contribution in [0.3, 0.4) is 0 Å². The number of nitrogen functional groups attached to an aromatic ring is 1. The zero-order valence-electron chi connectivity index (χ0n) is 11.1. The van der Waals surface area contributed by atoms with Gasteiger partial charge in [0.05, 0.1) is 5.69 Å². The van der Waals surface area contributed by atoms with Gasteiger partial charge in [0.15, 0.2) is 0 Å². The third-order valence-electron chi connectivity index (χ3n) is 3.01. The largest absolute Gasteiger partial charge is 0.455 e. The molecular weight excluding hydrogens is 222 g/mol. The first-order valence-corrected chi connectivity index (χ1v) is 6.21.